The third kappa shape index (κ3) is 3.55. The van der Waals surface area contributed by atoms with Crippen molar-refractivity contribution in [1.29, 1.82) is 0 Å². The van der Waals surface area contributed by atoms with Gasteiger partial charge in [-0.05, 0) is 79.5 Å². The molecule has 0 bridgehead atoms. The molecule has 2 aromatic carbocycles. The van der Waals surface area contributed by atoms with Crippen molar-refractivity contribution in [2.75, 3.05) is 7.11 Å². The second-order valence-corrected chi connectivity index (χ2v) is 8.22. The fraction of sp³-hybridized carbons (Fsp3) is 0.385. The topological polar surface area (TPSA) is 39.2 Å². The first-order valence-electron chi connectivity index (χ1n) is 10.6. The fourth-order valence-corrected chi connectivity index (χ4v) is 4.68. The van der Waals surface area contributed by atoms with Gasteiger partial charge in [-0.2, -0.15) is 0 Å². The highest BCUT2D eigenvalue weighted by Crippen LogP contribution is 2.39. The minimum absolute atomic E-state index is 0.196. The smallest absolute Gasteiger partial charge is 0.314 e. The minimum Gasteiger partial charge on any atom is -0.469 e. The molecule has 0 radical (unpaired) electrons. The van der Waals surface area contributed by atoms with Crippen molar-refractivity contribution in [2.24, 2.45) is 0 Å². The molecular weight excluding hydrogens is 358 g/mol. The van der Waals surface area contributed by atoms with Gasteiger partial charge in [0.25, 0.3) is 0 Å². The van der Waals surface area contributed by atoms with Gasteiger partial charge in [-0.25, -0.2) is 0 Å². The number of carbonyl (C=O) groups is 1. The van der Waals surface area contributed by atoms with Gasteiger partial charge in [-0.3, -0.25) is 9.78 Å². The first kappa shape index (κ1) is 19.6. The molecule has 0 saturated carbocycles. The summed E-state index contributed by atoms with van der Waals surface area (Å²) >= 11 is 0. The molecule has 0 aliphatic heterocycles. The van der Waals surface area contributed by atoms with E-state index in [4.69, 9.17) is 9.72 Å². The molecule has 1 atom stereocenters. The van der Waals surface area contributed by atoms with Gasteiger partial charge in [-0.15, -0.1) is 0 Å². The van der Waals surface area contributed by atoms with E-state index in [0.29, 0.717) is 0 Å². The maximum atomic E-state index is 12.6. The number of benzene rings is 2. The molecule has 1 unspecified atom stereocenters. The van der Waals surface area contributed by atoms with E-state index in [9.17, 15) is 4.79 Å². The molecule has 29 heavy (non-hydrogen) atoms. The lowest BCUT2D eigenvalue weighted by Gasteiger charge is -2.21. The molecule has 1 aliphatic rings. The second-order valence-electron chi connectivity index (χ2n) is 8.22. The summed E-state index contributed by atoms with van der Waals surface area (Å²) in [6, 6.07) is 13.3. The monoisotopic (exact) mass is 387 g/mol. The summed E-state index contributed by atoms with van der Waals surface area (Å²) < 4.78 is 5.14. The fourth-order valence-electron chi connectivity index (χ4n) is 4.68. The Morgan fingerprint density at radius 3 is 2.45 bits per heavy atom. The number of fused-ring (bicyclic) bond motifs is 2. The molecule has 0 N–H and O–H groups in total. The number of methoxy groups -OCH3 is 1. The molecule has 1 aromatic heterocycles. The lowest BCUT2D eigenvalue weighted by molar-refractivity contribution is -0.142. The molecule has 4 rings (SSSR count). The third-order valence-corrected chi connectivity index (χ3v) is 6.21. The van der Waals surface area contributed by atoms with Gasteiger partial charge in [0.05, 0.1) is 24.2 Å². The van der Waals surface area contributed by atoms with E-state index in [2.05, 4.69) is 57.2 Å². The van der Waals surface area contributed by atoms with Crippen LogP contribution >= 0.6 is 0 Å². The minimum atomic E-state index is -0.327. The van der Waals surface area contributed by atoms with Gasteiger partial charge in [-0.1, -0.05) is 43.2 Å². The number of carbonyl (C=O) groups excluding carboxylic acids is 1. The van der Waals surface area contributed by atoms with Crippen LogP contribution in [-0.4, -0.2) is 18.1 Å². The largest absolute Gasteiger partial charge is 0.469 e. The Labute approximate surface area is 173 Å². The lowest BCUT2D eigenvalue weighted by atomic mass is 9.88. The van der Waals surface area contributed by atoms with Crippen molar-refractivity contribution in [3.63, 3.8) is 0 Å². The molecule has 3 aromatic rings. The zero-order valence-electron chi connectivity index (χ0n) is 17.8. The summed E-state index contributed by atoms with van der Waals surface area (Å²) in [5, 5.41) is 1.19. The van der Waals surface area contributed by atoms with Crippen LogP contribution in [0.25, 0.3) is 22.0 Å². The van der Waals surface area contributed by atoms with E-state index in [0.717, 1.165) is 42.5 Å². The Morgan fingerprint density at radius 2 is 1.79 bits per heavy atom. The zero-order valence-corrected chi connectivity index (χ0v) is 17.8. The van der Waals surface area contributed by atoms with E-state index in [-0.39, 0.29) is 11.9 Å². The van der Waals surface area contributed by atoms with Crippen LogP contribution in [-0.2, 0) is 22.4 Å². The van der Waals surface area contributed by atoms with Gasteiger partial charge < -0.3 is 4.74 Å². The van der Waals surface area contributed by atoms with Crippen molar-refractivity contribution < 1.29 is 9.53 Å². The number of hydrogen-bond acceptors (Lipinski definition) is 3. The van der Waals surface area contributed by atoms with E-state index >= 15 is 0 Å². The van der Waals surface area contributed by atoms with Crippen molar-refractivity contribution in [1.82, 2.24) is 4.98 Å². The zero-order chi connectivity index (χ0) is 20.5. The molecule has 0 amide bonds. The Bertz CT molecular complexity index is 1070. The molecule has 0 spiro atoms. The van der Waals surface area contributed by atoms with Crippen LogP contribution in [0.5, 0.6) is 0 Å². The quantitative estimate of drug-likeness (QED) is 0.499. The highest BCUT2D eigenvalue weighted by atomic mass is 16.5. The number of ether oxygens (including phenoxy) is 1. The molecule has 150 valence electrons. The maximum absolute atomic E-state index is 12.6. The van der Waals surface area contributed by atoms with Gasteiger partial charge >= 0.3 is 5.97 Å². The van der Waals surface area contributed by atoms with Crippen molar-refractivity contribution in [2.45, 2.75) is 58.8 Å². The van der Waals surface area contributed by atoms with Crippen LogP contribution in [0.2, 0.25) is 0 Å². The van der Waals surface area contributed by atoms with Crippen LogP contribution in [0.1, 0.15) is 60.1 Å². The summed E-state index contributed by atoms with van der Waals surface area (Å²) in [6.07, 6.45) is 5.11. The first-order valence-corrected chi connectivity index (χ1v) is 10.6. The molecule has 3 heteroatoms. The third-order valence-electron chi connectivity index (χ3n) is 6.21. The number of rotatable bonds is 5. The van der Waals surface area contributed by atoms with Gasteiger partial charge in [0.1, 0.15) is 0 Å². The van der Waals surface area contributed by atoms with Crippen LogP contribution in [0.3, 0.4) is 0 Å². The molecule has 3 nitrogen and oxygen atoms in total. The summed E-state index contributed by atoms with van der Waals surface area (Å²) in [7, 11) is 1.47. The lowest BCUT2D eigenvalue weighted by Crippen LogP contribution is -2.17. The van der Waals surface area contributed by atoms with Crippen LogP contribution in [0.4, 0.5) is 0 Å². The van der Waals surface area contributed by atoms with E-state index in [1.807, 2.05) is 0 Å². The van der Waals surface area contributed by atoms with Gasteiger partial charge in [0.15, 0.2) is 0 Å². The first-order chi connectivity index (χ1) is 14.0. The Balaban J connectivity index is 2.02. The van der Waals surface area contributed by atoms with Gasteiger partial charge in [0.2, 0.25) is 0 Å². The van der Waals surface area contributed by atoms with Crippen molar-refractivity contribution in [3.05, 3.63) is 64.3 Å². The summed E-state index contributed by atoms with van der Waals surface area (Å²) in [6.45, 7) is 6.31. The summed E-state index contributed by atoms with van der Waals surface area (Å²) in [5.41, 5.74) is 9.40. The SMILES string of the molecule is CCCC(C(=O)OC)c1nc2cc3c(cc2c(-c2ccc(C)cc2)c1C)CCC3. The number of aromatic nitrogens is 1. The van der Waals surface area contributed by atoms with Crippen LogP contribution in [0.15, 0.2) is 36.4 Å². The van der Waals surface area contributed by atoms with Crippen LogP contribution in [0, 0.1) is 13.8 Å². The molecule has 1 heterocycles. The molecule has 0 fully saturated rings. The van der Waals surface area contributed by atoms with Crippen molar-refractivity contribution >= 4 is 16.9 Å². The summed E-state index contributed by atoms with van der Waals surface area (Å²) in [5.74, 6) is -0.523. The van der Waals surface area contributed by atoms with E-state index < -0.39 is 0 Å². The van der Waals surface area contributed by atoms with Crippen molar-refractivity contribution in [3.8, 4) is 11.1 Å². The van der Waals surface area contributed by atoms with Crippen LogP contribution < -0.4 is 0 Å². The number of hydrogen-bond donors (Lipinski definition) is 0. The Hall–Kier alpha value is -2.68. The maximum Gasteiger partial charge on any atom is 0.314 e. The highest BCUT2D eigenvalue weighted by molar-refractivity contribution is 5.98. The second kappa shape index (κ2) is 7.98. The van der Waals surface area contributed by atoms with E-state index in [1.165, 1.54) is 46.7 Å². The Kier molecular flexibility index (Phi) is 5.40. The molecule has 0 saturated heterocycles. The predicted molar refractivity (Wildman–Crippen MR) is 118 cm³/mol. The normalized spacial score (nSPS) is 14.1. The predicted octanol–water partition coefficient (Wildman–Crippen LogP) is 6.06. The molecule has 1 aliphatic carbocycles. The van der Waals surface area contributed by atoms with Gasteiger partial charge in [0, 0.05) is 5.39 Å². The average molecular weight is 388 g/mol. The molecular formula is C26H29NO2. The number of esters is 1. The number of nitrogens with zero attached hydrogens (tertiary/aromatic N) is 1. The standard InChI is InChI=1S/C26H29NO2/c1-5-7-21(26(28)29-4)25-17(3)24(18-12-10-16(2)11-13-18)22-14-19-8-6-9-20(19)15-23(22)27-25/h10-15,21H,5-9H2,1-4H3. The average Bonchev–Trinajstić information content (AvgIpc) is 3.18. The number of aryl methyl sites for hydroxylation is 3. The summed E-state index contributed by atoms with van der Waals surface area (Å²) in [4.78, 5) is 17.7. The highest BCUT2D eigenvalue weighted by Gasteiger charge is 2.27. The number of pyridine rings is 1. The Morgan fingerprint density at radius 1 is 1.10 bits per heavy atom. The van der Waals surface area contributed by atoms with E-state index in [1.54, 1.807) is 0 Å².